The van der Waals surface area contributed by atoms with Gasteiger partial charge in [0, 0.05) is 0 Å². The molecule has 2 aliphatic rings. The molecule has 116 valence electrons. The van der Waals surface area contributed by atoms with Gasteiger partial charge >= 0.3 is 128 Å². The molecule has 0 fully saturated rings. The van der Waals surface area contributed by atoms with E-state index in [1.807, 2.05) is 0 Å². The smallest absolute Gasteiger partial charge is 1.00 e. The van der Waals surface area contributed by atoms with E-state index in [4.69, 9.17) is 0 Å². The Balaban J connectivity index is 0.00000200. The molecule has 0 radical (unpaired) electrons. The fraction of sp³-hybridized carbons (Fsp3) is 0.556. The zero-order valence-corrected chi connectivity index (χ0v) is 17.1. The van der Waals surface area contributed by atoms with Gasteiger partial charge in [-0.1, -0.05) is 0 Å². The number of hydrogen-bond donors (Lipinski definition) is 0. The molecule has 0 saturated heterocycles. The zero-order valence-electron chi connectivity index (χ0n) is 14.0. The van der Waals surface area contributed by atoms with E-state index in [-0.39, 0.29) is 44.0 Å². The van der Waals surface area contributed by atoms with Crippen LogP contribution >= 0.6 is 0 Å². The summed E-state index contributed by atoms with van der Waals surface area (Å²) in [5, 5.41) is 0. The van der Waals surface area contributed by atoms with Crippen LogP contribution in [0.1, 0.15) is 54.4 Å². The predicted molar refractivity (Wildman–Crippen MR) is 80.5 cm³/mol. The van der Waals surface area contributed by atoms with Gasteiger partial charge in [-0.25, -0.2) is 0 Å². The molecule has 0 nitrogen and oxygen atoms in total. The third-order valence-corrected chi connectivity index (χ3v) is 7.12. The van der Waals surface area contributed by atoms with Crippen LogP contribution in [0, 0.1) is 11.8 Å². The van der Waals surface area contributed by atoms with Crippen LogP contribution in [0.2, 0.25) is 0 Å². The molecule has 0 N–H and O–H groups in total. The van der Waals surface area contributed by atoms with Gasteiger partial charge in [0.25, 0.3) is 0 Å². The summed E-state index contributed by atoms with van der Waals surface area (Å²) in [6.07, 6.45) is 7.40. The first-order valence-corrected chi connectivity index (χ1v) is 9.05. The Morgan fingerprint density at radius 2 is 1.10 bits per heavy atom. The SMILES string of the molecule is CC1=[C]([Ti+2][C]2=C(C)C(C(C)C)=CC2)CC=C1C(C)C.[Cl-].[Cl-]. The predicted octanol–water partition coefficient (Wildman–Crippen LogP) is -0.403. The first kappa shape index (κ1) is 21.3. The molecule has 2 aliphatic carbocycles. The maximum absolute atomic E-state index is 2.47. The molecule has 0 saturated carbocycles. The van der Waals surface area contributed by atoms with E-state index < -0.39 is 0 Å². The molecular formula is C18H26Cl2Ti. The van der Waals surface area contributed by atoms with Crippen molar-refractivity contribution in [1.29, 1.82) is 0 Å². The molecular weight excluding hydrogens is 335 g/mol. The summed E-state index contributed by atoms with van der Waals surface area (Å²) in [6.45, 7) is 14.0. The van der Waals surface area contributed by atoms with Crippen molar-refractivity contribution in [1.82, 2.24) is 0 Å². The van der Waals surface area contributed by atoms with Crippen LogP contribution in [0.5, 0.6) is 0 Å². The van der Waals surface area contributed by atoms with E-state index in [0.717, 1.165) is 0 Å². The first-order chi connectivity index (χ1) is 8.91. The minimum absolute atomic E-state index is 0. The first-order valence-electron chi connectivity index (χ1n) is 7.49. The fourth-order valence-electron chi connectivity index (χ4n) is 3.19. The standard InChI is InChI=1S/2C9H13.2ClH.Ti/c2*1-7(2)9-6-4-5-8(9)3;;;/h2*6-7H,4H2,1-3H3;2*1H;/q;;;;+2/p-2. The van der Waals surface area contributed by atoms with Crippen molar-refractivity contribution in [2.75, 3.05) is 0 Å². The Hall–Kier alpha value is 0.254. The summed E-state index contributed by atoms with van der Waals surface area (Å²) in [5.41, 5.74) is 6.45. The molecule has 2 rings (SSSR count). The van der Waals surface area contributed by atoms with Crippen LogP contribution in [0.3, 0.4) is 0 Å². The average molecular weight is 361 g/mol. The van der Waals surface area contributed by atoms with Gasteiger partial charge in [-0.15, -0.1) is 0 Å². The van der Waals surface area contributed by atoms with Crippen molar-refractivity contribution >= 4 is 0 Å². The van der Waals surface area contributed by atoms with Crippen LogP contribution in [0.25, 0.3) is 0 Å². The quantitative estimate of drug-likeness (QED) is 0.598. The van der Waals surface area contributed by atoms with Crippen molar-refractivity contribution in [3.63, 3.8) is 0 Å². The van der Waals surface area contributed by atoms with Crippen LogP contribution in [0.4, 0.5) is 0 Å². The molecule has 0 amide bonds. The van der Waals surface area contributed by atoms with Gasteiger partial charge in [-0.05, 0) is 0 Å². The summed E-state index contributed by atoms with van der Waals surface area (Å²) in [4.78, 5) is 0. The second-order valence-corrected chi connectivity index (χ2v) is 8.64. The monoisotopic (exact) mass is 360 g/mol. The molecule has 3 heteroatoms. The Bertz CT molecular complexity index is 459. The Labute approximate surface area is 152 Å². The van der Waals surface area contributed by atoms with Gasteiger partial charge in [-0.2, -0.15) is 0 Å². The molecule has 0 heterocycles. The van der Waals surface area contributed by atoms with Gasteiger partial charge in [-0.3, -0.25) is 0 Å². The van der Waals surface area contributed by atoms with E-state index in [0.29, 0.717) is 11.8 Å². The third-order valence-electron chi connectivity index (χ3n) is 4.37. The van der Waals surface area contributed by atoms with E-state index >= 15 is 0 Å². The summed E-state index contributed by atoms with van der Waals surface area (Å²) in [6, 6.07) is 0. The fourth-order valence-corrected chi connectivity index (χ4v) is 5.44. The molecule has 0 aromatic heterocycles. The van der Waals surface area contributed by atoms with Crippen LogP contribution < -0.4 is 24.8 Å². The maximum atomic E-state index is 2.47. The number of rotatable bonds is 4. The van der Waals surface area contributed by atoms with Crippen molar-refractivity contribution in [2.45, 2.75) is 54.4 Å². The van der Waals surface area contributed by atoms with Crippen LogP contribution in [0.15, 0.2) is 42.2 Å². The third kappa shape index (κ3) is 4.61. The van der Waals surface area contributed by atoms with Gasteiger partial charge < -0.3 is 24.8 Å². The molecule has 0 aromatic carbocycles. The summed E-state index contributed by atoms with van der Waals surface area (Å²) in [5.74, 6) is 1.37. The molecule has 0 bridgehead atoms. The van der Waals surface area contributed by atoms with Crippen molar-refractivity contribution < 1.29 is 44.0 Å². The average Bonchev–Trinajstić information content (AvgIpc) is 2.85. The summed E-state index contributed by atoms with van der Waals surface area (Å²) >= 11 is -0.0637. The number of allylic oxidation sites excluding steroid dienone is 8. The van der Waals surface area contributed by atoms with Crippen LogP contribution in [-0.4, -0.2) is 0 Å². The summed E-state index contributed by atoms with van der Waals surface area (Å²) < 4.78 is 3.55. The van der Waals surface area contributed by atoms with E-state index in [1.165, 1.54) is 12.8 Å². The topological polar surface area (TPSA) is 0 Å². The molecule has 0 aliphatic heterocycles. The Morgan fingerprint density at radius 3 is 1.33 bits per heavy atom. The van der Waals surface area contributed by atoms with Gasteiger partial charge in [0.2, 0.25) is 0 Å². The maximum Gasteiger partial charge on any atom is -1.00 e. The van der Waals surface area contributed by atoms with Gasteiger partial charge in [0.1, 0.15) is 0 Å². The molecule has 0 aromatic rings. The van der Waals surface area contributed by atoms with Gasteiger partial charge in [0.15, 0.2) is 0 Å². The summed E-state index contributed by atoms with van der Waals surface area (Å²) in [7, 11) is 0. The van der Waals surface area contributed by atoms with E-state index in [1.54, 1.807) is 30.0 Å². The number of halogens is 2. The Morgan fingerprint density at radius 1 is 0.762 bits per heavy atom. The molecule has 0 unspecified atom stereocenters. The van der Waals surface area contributed by atoms with E-state index in [2.05, 4.69) is 53.7 Å². The minimum Gasteiger partial charge on any atom is -1.00 e. The molecule has 0 atom stereocenters. The van der Waals surface area contributed by atoms with Gasteiger partial charge in [0.05, 0.1) is 0 Å². The zero-order chi connectivity index (χ0) is 14.2. The molecule has 0 spiro atoms. The van der Waals surface area contributed by atoms with Crippen molar-refractivity contribution in [2.24, 2.45) is 11.8 Å². The molecule has 21 heavy (non-hydrogen) atoms. The van der Waals surface area contributed by atoms with E-state index in [9.17, 15) is 0 Å². The second kappa shape index (κ2) is 8.77. The largest absolute Gasteiger partial charge is 1.00 e. The second-order valence-electron chi connectivity index (χ2n) is 6.37. The Kier molecular flexibility index (Phi) is 8.88. The minimum atomic E-state index is -0.0637. The van der Waals surface area contributed by atoms with Crippen molar-refractivity contribution in [3.8, 4) is 0 Å². The van der Waals surface area contributed by atoms with Crippen molar-refractivity contribution in [3.05, 3.63) is 42.2 Å². The normalized spacial score (nSPS) is 17.7. The van der Waals surface area contributed by atoms with Crippen LogP contribution in [-0.2, 0) is 19.2 Å². The number of hydrogen-bond acceptors (Lipinski definition) is 0.